The zero-order valence-electron chi connectivity index (χ0n) is 17.7. The number of carbonyl (C=O) groups excluding carboxylic acids is 2. The summed E-state index contributed by atoms with van der Waals surface area (Å²) in [6.07, 6.45) is 0.698. The highest BCUT2D eigenvalue weighted by molar-refractivity contribution is 5.91. The Morgan fingerprint density at radius 2 is 1.77 bits per heavy atom. The van der Waals surface area contributed by atoms with E-state index in [9.17, 15) is 14.7 Å². The molecule has 31 heavy (non-hydrogen) atoms. The molecule has 7 nitrogen and oxygen atoms in total. The van der Waals surface area contributed by atoms with E-state index in [1.807, 2.05) is 42.5 Å². The van der Waals surface area contributed by atoms with Gasteiger partial charge in [-0.3, -0.25) is 9.59 Å². The first-order valence-electron chi connectivity index (χ1n) is 10.3. The number of benzene rings is 2. The predicted molar refractivity (Wildman–Crippen MR) is 121 cm³/mol. The summed E-state index contributed by atoms with van der Waals surface area (Å²) in [6, 6.07) is 16.4. The third kappa shape index (κ3) is 5.79. The molecule has 0 aliphatic carbocycles. The van der Waals surface area contributed by atoms with Gasteiger partial charge in [-0.05, 0) is 33.9 Å². The van der Waals surface area contributed by atoms with Crippen molar-refractivity contribution in [2.24, 2.45) is 5.92 Å². The maximum absolute atomic E-state index is 13.0. The van der Waals surface area contributed by atoms with Crippen LogP contribution in [0.1, 0.15) is 25.0 Å². The van der Waals surface area contributed by atoms with Crippen LogP contribution >= 0.6 is 0 Å². The van der Waals surface area contributed by atoms with Crippen molar-refractivity contribution in [3.05, 3.63) is 71.9 Å². The molecule has 3 aromatic rings. The van der Waals surface area contributed by atoms with Crippen LogP contribution in [0.4, 0.5) is 5.82 Å². The van der Waals surface area contributed by atoms with E-state index in [0.717, 1.165) is 21.9 Å². The minimum absolute atomic E-state index is 0.251. The Morgan fingerprint density at radius 1 is 1.03 bits per heavy atom. The maximum atomic E-state index is 13.0. The highest BCUT2D eigenvalue weighted by atomic mass is 16.3. The highest BCUT2D eigenvalue weighted by Crippen LogP contribution is 2.20. The lowest BCUT2D eigenvalue weighted by Crippen LogP contribution is -2.51. The number of nitrogens with zero attached hydrogens (tertiary/aromatic N) is 1. The quantitative estimate of drug-likeness (QED) is 0.446. The SMILES string of the molecule is CC(C)[C@@H](O)C(=O)N[C@@H](Cc1cccc2ccccc12)C(=O)NCc1ccc(N)nc1. The number of aromatic nitrogens is 1. The highest BCUT2D eigenvalue weighted by Gasteiger charge is 2.26. The Hall–Kier alpha value is -3.45. The van der Waals surface area contributed by atoms with Gasteiger partial charge in [0.15, 0.2) is 0 Å². The normalized spacial score (nSPS) is 13.0. The number of nitrogens with two attached hydrogens (primary N) is 1. The van der Waals surface area contributed by atoms with Crippen molar-refractivity contribution in [3.8, 4) is 0 Å². The summed E-state index contributed by atoms with van der Waals surface area (Å²) in [5, 5.41) is 17.8. The van der Waals surface area contributed by atoms with E-state index >= 15 is 0 Å². The van der Waals surface area contributed by atoms with Crippen LogP contribution in [0, 0.1) is 5.92 Å². The first-order valence-corrected chi connectivity index (χ1v) is 10.3. The van der Waals surface area contributed by atoms with Crippen molar-refractivity contribution in [1.82, 2.24) is 15.6 Å². The van der Waals surface area contributed by atoms with Crippen LogP contribution in [-0.2, 0) is 22.6 Å². The predicted octanol–water partition coefficient (Wildman–Crippen LogP) is 2.18. The Morgan fingerprint density at radius 3 is 2.48 bits per heavy atom. The van der Waals surface area contributed by atoms with Crippen molar-refractivity contribution in [3.63, 3.8) is 0 Å². The monoisotopic (exact) mass is 420 g/mol. The van der Waals surface area contributed by atoms with Crippen LogP contribution in [0.5, 0.6) is 0 Å². The number of aliphatic hydroxyl groups excluding tert-OH is 1. The van der Waals surface area contributed by atoms with E-state index in [2.05, 4.69) is 15.6 Å². The van der Waals surface area contributed by atoms with Crippen LogP contribution in [0.3, 0.4) is 0 Å². The zero-order chi connectivity index (χ0) is 22.4. The van der Waals surface area contributed by atoms with Gasteiger partial charge in [0.2, 0.25) is 11.8 Å². The van der Waals surface area contributed by atoms with E-state index < -0.39 is 18.1 Å². The van der Waals surface area contributed by atoms with Crippen molar-refractivity contribution in [1.29, 1.82) is 0 Å². The average Bonchev–Trinajstić information content (AvgIpc) is 2.77. The molecule has 0 fully saturated rings. The molecule has 2 amide bonds. The smallest absolute Gasteiger partial charge is 0.249 e. The van der Waals surface area contributed by atoms with Gasteiger partial charge < -0.3 is 21.5 Å². The van der Waals surface area contributed by atoms with E-state index in [1.165, 1.54) is 0 Å². The topological polar surface area (TPSA) is 117 Å². The molecule has 0 aliphatic rings. The van der Waals surface area contributed by atoms with E-state index in [4.69, 9.17) is 5.73 Å². The first kappa shape index (κ1) is 22.2. The Labute approximate surface area is 181 Å². The molecule has 1 heterocycles. The number of hydrogen-bond donors (Lipinski definition) is 4. The van der Waals surface area contributed by atoms with Crippen LogP contribution in [0.2, 0.25) is 0 Å². The molecular weight excluding hydrogens is 392 g/mol. The lowest BCUT2D eigenvalue weighted by Gasteiger charge is -2.22. The van der Waals surface area contributed by atoms with Gasteiger partial charge in [-0.2, -0.15) is 0 Å². The minimum atomic E-state index is -1.19. The molecule has 2 atom stereocenters. The van der Waals surface area contributed by atoms with Gasteiger partial charge in [0.05, 0.1) is 0 Å². The summed E-state index contributed by atoms with van der Waals surface area (Å²) in [5.41, 5.74) is 7.33. The van der Waals surface area contributed by atoms with E-state index in [-0.39, 0.29) is 18.4 Å². The number of nitrogens with one attached hydrogen (secondary N) is 2. The molecule has 0 saturated heterocycles. The van der Waals surface area contributed by atoms with Crippen molar-refractivity contribution >= 4 is 28.4 Å². The standard InChI is InChI=1S/C24H28N4O3/c1-15(2)22(29)24(31)28-20(23(30)27-14-16-10-11-21(25)26-13-16)12-18-8-5-7-17-6-3-4-9-19(17)18/h3-11,13,15,20,22,29H,12,14H2,1-2H3,(H2,25,26)(H,27,30)(H,28,31)/t20-,22+/m0/s1. The van der Waals surface area contributed by atoms with Crippen LogP contribution in [0.25, 0.3) is 10.8 Å². The molecule has 7 heteroatoms. The van der Waals surface area contributed by atoms with Gasteiger partial charge in [0, 0.05) is 19.2 Å². The number of pyridine rings is 1. The second-order valence-corrected chi connectivity index (χ2v) is 7.90. The van der Waals surface area contributed by atoms with Crippen molar-refractivity contribution in [2.45, 2.75) is 39.0 Å². The molecule has 0 bridgehead atoms. The summed E-state index contributed by atoms with van der Waals surface area (Å²) in [7, 11) is 0. The number of amides is 2. The van der Waals surface area contributed by atoms with Crippen LogP contribution < -0.4 is 16.4 Å². The largest absolute Gasteiger partial charge is 0.384 e. The lowest BCUT2D eigenvalue weighted by molar-refractivity contribution is -0.135. The fourth-order valence-electron chi connectivity index (χ4n) is 3.31. The molecule has 0 saturated carbocycles. The molecule has 5 N–H and O–H groups in total. The van der Waals surface area contributed by atoms with Crippen LogP contribution in [0.15, 0.2) is 60.8 Å². The van der Waals surface area contributed by atoms with Gasteiger partial charge in [0.25, 0.3) is 0 Å². The molecule has 3 rings (SSSR count). The Kier molecular flexibility index (Phi) is 7.20. The maximum Gasteiger partial charge on any atom is 0.249 e. The number of hydrogen-bond acceptors (Lipinski definition) is 5. The summed E-state index contributed by atoms with van der Waals surface area (Å²) in [5.74, 6) is -0.764. The minimum Gasteiger partial charge on any atom is -0.384 e. The summed E-state index contributed by atoms with van der Waals surface area (Å²) in [4.78, 5) is 29.5. The van der Waals surface area contributed by atoms with E-state index in [1.54, 1.807) is 32.2 Å². The van der Waals surface area contributed by atoms with Gasteiger partial charge >= 0.3 is 0 Å². The molecule has 0 aliphatic heterocycles. The number of nitrogen functional groups attached to an aromatic ring is 1. The number of rotatable bonds is 8. The fourth-order valence-corrected chi connectivity index (χ4v) is 3.31. The average molecular weight is 421 g/mol. The molecular formula is C24H28N4O3. The van der Waals surface area contributed by atoms with Crippen molar-refractivity contribution in [2.75, 3.05) is 5.73 Å². The first-order chi connectivity index (χ1) is 14.8. The number of aliphatic hydroxyl groups is 1. The van der Waals surface area contributed by atoms with Gasteiger partial charge in [-0.1, -0.05) is 62.4 Å². The van der Waals surface area contributed by atoms with Crippen molar-refractivity contribution < 1.29 is 14.7 Å². The molecule has 2 aromatic carbocycles. The molecule has 1 aromatic heterocycles. The summed E-state index contributed by atoms with van der Waals surface area (Å²) < 4.78 is 0. The lowest BCUT2D eigenvalue weighted by atomic mass is 9.97. The fraction of sp³-hybridized carbons (Fsp3) is 0.292. The Balaban J connectivity index is 1.80. The molecule has 0 unspecified atom stereocenters. The molecule has 0 spiro atoms. The van der Waals surface area contributed by atoms with E-state index in [0.29, 0.717) is 12.2 Å². The van der Waals surface area contributed by atoms with Gasteiger partial charge in [0.1, 0.15) is 18.0 Å². The summed E-state index contributed by atoms with van der Waals surface area (Å²) in [6.45, 7) is 3.75. The number of fused-ring (bicyclic) bond motifs is 1. The zero-order valence-corrected chi connectivity index (χ0v) is 17.7. The molecule has 162 valence electrons. The van der Waals surface area contributed by atoms with Gasteiger partial charge in [-0.15, -0.1) is 0 Å². The summed E-state index contributed by atoms with van der Waals surface area (Å²) >= 11 is 0. The Bertz CT molecular complexity index is 1040. The second-order valence-electron chi connectivity index (χ2n) is 7.90. The van der Waals surface area contributed by atoms with Gasteiger partial charge in [-0.25, -0.2) is 4.98 Å². The molecule has 0 radical (unpaired) electrons. The number of anilines is 1. The number of carbonyl (C=O) groups is 2. The third-order valence-electron chi connectivity index (χ3n) is 5.15. The third-order valence-corrected chi connectivity index (χ3v) is 5.15. The second kappa shape index (κ2) is 10.0. The van der Waals surface area contributed by atoms with Crippen LogP contribution in [-0.4, -0.2) is 34.1 Å².